The van der Waals surface area contributed by atoms with Crippen molar-refractivity contribution in [1.82, 2.24) is 19.8 Å². The van der Waals surface area contributed by atoms with Gasteiger partial charge in [-0.2, -0.15) is 6.07 Å². The summed E-state index contributed by atoms with van der Waals surface area (Å²) < 4.78 is 20.1. The Hall–Kier alpha value is -1.91. The average molecular weight is 660 g/mol. The first-order valence-corrected chi connectivity index (χ1v) is 11.5. The van der Waals surface area contributed by atoms with Crippen LogP contribution in [-0.4, -0.2) is 76.4 Å². The number of piperazine rings is 1. The maximum absolute atomic E-state index is 14.6. The van der Waals surface area contributed by atoms with Crippen LogP contribution in [0, 0.1) is 67.7 Å². The molecule has 0 spiro atoms. The number of hydrogen-bond donors (Lipinski definition) is 0. The zero-order valence-corrected chi connectivity index (χ0v) is 26.7. The standard InChI is InChI=1S/C24H29ClFN6O3.CH3.Pr/c1-15-7-8-28-12-19(15)32(14-33)22-17(11-18(26)20(25)29-22)21(27-6)31-10-9-30(13-16(31)2)23(34)35-24(3,4)5;;/h7-8,11,14,16H,9-10,13H2,1-6H3;1H3;/q2*-1;. The third-order valence-electron chi connectivity index (χ3n) is 5.43. The van der Waals surface area contributed by atoms with E-state index in [0.717, 1.165) is 5.56 Å². The van der Waals surface area contributed by atoms with Gasteiger partial charge in [-0.1, -0.05) is 30.9 Å². The van der Waals surface area contributed by atoms with Gasteiger partial charge in [0.15, 0.2) is 16.8 Å². The van der Waals surface area contributed by atoms with E-state index in [-0.39, 0.29) is 71.3 Å². The topological polar surface area (TPSA) is 91.2 Å². The maximum Gasteiger partial charge on any atom is 0.410 e. The minimum absolute atomic E-state index is 0. The van der Waals surface area contributed by atoms with Gasteiger partial charge in [0.25, 0.3) is 0 Å². The number of halogens is 2. The molecule has 3 heterocycles. The first-order valence-electron chi connectivity index (χ1n) is 11.1. The van der Waals surface area contributed by atoms with Gasteiger partial charge in [-0.05, 0) is 39.4 Å². The quantitative estimate of drug-likeness (QED) is 0.159. The summed E-state index contributed by atoms with van der Waals surface area (Å²) in [6.45, 7) is 10.3. The van der Waals surface area contributed by atoms with Crippen LogP contribution in [0.2, 0.25) is 5.15 Å². The third-order valence-corrected chi connectivity index (χ3v) is 5.70. The fraction of sp³-hybridized carbons (Fsp3) is 0.440. The van der Waals surface area contributed by atoms with E-state index in [9.17, 15) is 14.0 Å². The number of rotatable bonds is 4. The first-order chi connectivity index (χ1) is 16.5. The average Bonchev–Trinajstić information content (AvgIpc) is 2.78. The second-order valence-electron chi connectivity index (χ2n) is 9.21. The zero-order chi connectivity index (χ0) is 25.9. The van der Waals surface area contributed by atoms with E-state index < -0.39 is 17.5 Å². The van der Waals surface area contributed by atoms with Crippen molar-refractivity contribution in [2.24, 2.45) is 4.99 Å². The number of hydrogen-bond acceptors (Lipinski definition) is 6. The van der Waals surface area contributed by atoms with Crippen molar-refractivity contribution < 1.29 is 60.0 Å². The molecule has 0 N–H and O–H groups in total. The van der Waals surface area contributed by atoms with Crippen molar-refractivity contribution >= 4 is 41.4 Å². The molecule has 9 nitrogen and oxygen atoms in total. The van der Waals surface area contributed by atoms with Crippen molar-refractivity contribution in [2.45, 2.75) is 46.3 Å². The van der Waals surface area contributed by atoms with Crippen LogP contribution in [-0.2, 0) is 9.53 Å². The predicted octanol–water partition coefficient (Wildman–Crippen LogP) is 4.44. The molecular formula is C25H32ClFN6O3Pr-2. The molecule has 1 unspecified atom stereocenters. The summed E-state index contributed by atoms with van der Waals surface area (Å²) >= 11 is 6.02. The molecule has 3 rings (SSSR count). The number of carbonyl (C=O) groups excluding carboxylic acids is 2. The molecule has 2 aromatic heterocycles. The molecule has 1 aliphatic rings. The summed E-state index contributed by atoms with van der Waals surface area (Å²) in [6.07, 6.45) is 4.50. The van der Waals surface area contributed by atoms with Gasteiger partial charge in [0.2, 0.25) is 6.41 Å². The Labute approximate surface area is 256 Å². The Kier molecular flexibility index (Phi) is 12.3. The second-order valence-corrected chi connectivity index (χ2v) is 9.57. The molecule has 1 radical (unpaired) electrons. The smallest absolute Gasteiger partial charge is 0.410 e. The first kappa shape index (κ1) is 33.1. The molecular weight excluding hydrogens is 628 g/mol. The molecule has 1 saturated heterocycles. The molecule has 37 heavy (non-hydrogen) atoms. The van der Waals surface area contributed by atoms with Gasteiger partial charge in [0.1, 0.15) is 11.4 Å². The molecule has 1 aliphatic heterocycles. The van der Waals surface area contributed by atoms with E-state index in [1.165, 1.54) is 11.0 Å². The third kappa shape index (κ3) is 7.80. The summed E-state index contributed by atoms with van der Waals surface area (Å²) in [5, 5.41) is -0.379. The summed E-state index contributed by atoms with van der Waals surface area (Å²) in [5.74, 6) is -0.238. The van der Waals surface area contributed by atoms with Crippen LogP contribution in [0.15, 0.2) is 23.3 Å². The van der Waals surface area contributed by atoms with Crippen LogP contribution in [0.25, 0.3) is 0 Å². The fourth-order valence-corrected chi connectivity index (χ4v) is 3.98. The van der Waals surface area contributed by atoms with Crippen molar-refractivity contribution in [3.63, 3.8) is 0 Å². The number of aryl methyl sites for hydroxylation is 1. The van der Waals surface area contributed by atoms with Gasteiger partial charge < -0.3 is 26.9 Å². The maximum atomic E-state index is 14.6. The number of amidine groups is 1. The number of aliphatic imine (C=N–C) groups is 1. The number of ether oxygens (including phenoxy) is 1. The SMILES string of the molecule is CN=C(c1cc(F)c(Cl)nc1N(C=O)c1[c-]nccc1C)N1CCN(C(=O)OC(C)(C)C)CC1C.[CH3-].[Pr]. The van der Waals surface area contributed by atoms with Gasteiger partial charge in [-0.25, -0.2) is 14.2 Å². The number of aromatic nitrogens is 2. The van der Waals surface area contributed by atoms with Gasteiger partial charge in [-0.15, -0.1) is 5.56 Å². The van der Waals surface area contributed by atoms with Crippen molar-refractivity contribution in [3.05, 3.63) is 54.1 Å². The molecule has 12 heteroatoms. The fourth-order valence-electron chi connectivity index (χ4n) is 3.84. The van der Waals surface area contributed by atoms with Gasteiger partial charge in [-0.3, -0.25) is 14.7 Å². The number of nitrogens with zero attached hydrogens (tertiary/aromatic N) is 6. The molecule has 0 saturated carbocycles. The summed E-state index contributed by atoms with van der Waals surface area (Å²) in [4.78, 5) is 42.1. The molecule has 199 valence electrons. The van der Waals surface area contributed by atoms with Crippen molar-refractivity contribution in [3.8, 4) is 0 Å². The molecule has 1 atom stereocenters. The Morgan fingerprint density at radius 2 is 2.05 bits per heavy atom. The molecule has 2 amide bonds. The predicted molar refractivity (Wildman–Crippen MR) is 138 cm³/mol. The van der Waals surface area contributed by atoms with E-state index >= 15 is 0 Å². The number of pyridine rings is 2. The van der Waals surface area contributed by atoms with Crippen LogP contribution in [0.1, 0.15) is 38.8 Å². The normalized spacial score (nSPS) is 15.9. The van der Waals surface area contributed by atoms with E-state index in [1.807, 2.05) is 32.6 Å². The van der Waals surface area contributed by atoms with E-state index in [1.54, 1.807) is 31.1 Å². The zero-order valence-electron chi connectivity index (χ0n) is 22.2. The van der Waals surface area contributed by atoms with Crippen molar-refractivity contribution in [2.75, 3.05) is 31.6 Å². The Balaban J connectivity index is 0.00000342. The Morgan fingerprint density at radius 3 is 2.59 bits per heavy atom. The molecule has 0 bridgehead atoms. The van der Waals surface area contributed by atoms with Crippen LogP contribution in [0.5, 0.6) is 0 Å². The second kappa shape index (κ2) is 13.8. The van der Waals surface area contributed by atoms with Crippen molar-refractivity contribution in [1.29, 1.82) is 0 Å². The summed E-state index contributed by atoms with van der Waals surface area (Å²) in [5.41, 5.74) is 0.747. The Bertz CT molecular complexity index is 1140. The van der Waals surface area contributed by atoms with E-state index in [0.29, 0.717) is 37.6 Å². The number of amides is 2. The minimum Gasteiger partial charge on any atom is -0.444 e. The van der Waals surface area contributed by atoms with Crippen LogP contribution >= 0.6 is 11.6 Å². The Morgan fingerprint density at radius 1 is 1.38 bits per heavy atom. The van der Waals surface area contributed by atoms with Crippen LogP contribution in [0.4, 0.5) is 20.7 Å². The summed E-state index contributed by atoms with van der Waals surface area (Å²) in [6, 6.07) is 2.75. The molecule has 0 aliphatic carbocycles. The van der Waals surface area contributed by atoms with Gasteiger partial charge in [0.05, 0.1) is 5.56 Å². The number of carbonyl (C=O) groups is 2. The molecule has 2 aromatic rings. The molecule has 0 aromatic carbocycles. The monoisotopic (exact) mass is 659 g/mol. The number of anilines is 2. The largest absolute Gasteiger partial charge is 0.444 e. The van der Waals surface area contributed by atoms with Gasteiger partial charge >= 0.3 is 6.09 Å². The molecule has 1 fully saturated rings. The van der Waals surface area contributed by atoms with Crippen LogP contribution < -0.4 is 4.90 Å². The summed E-state index contributed by atoms with van der Waals surface area (Å²) in [7, 11) is 1.57. The van der Waals surface area contributed by atoms with Crippen LogP contribution in [0.3, 0.4) is 0 Å². The van der Waals surface area contributed by atoms with E-state index in [2.05, 4.69) is 21.2 Å². The van der Waals surface area contributed by atoms with E-state index in [4.69, 9.17) is 16.3 Å². The minimum atomic E-state index is -0.746. The van der Waals surface area contributed by atoms with Gasteiger partial charge in [0, 0.05) is 74.0 Å².